The molecule has 0 spiro atoms. The third kappa shape index (κ3) is 5.23. The molecule has 0 atom stereocenters. The zero-order valence-electron chi connectivity index (χ0n) is 22.0. The maximum atomic E-state index is 15.7. The Kier molecular flexibility index (Phi) is 7.21. The van der Waals surface area contributed by atoms with Gasteiger partial charge in [-0.15, -0.1) is 0 Å². The predicted octanol–water partition coefficient (Wildman–Crippen LogP) is 4.95. The molecule has 42 heavy (non-hydrogen) atoms. The Balaban J connectivity index is 1.40. The van der Waals surface area contributed by atoms with Crippen LogP contribution in [0.5, 0.6) is 5.75 Å². The van der Waals surface area contributed by atoms with Crippen molar-refractivity contribution in [1.29, 1.82) is 0 Å². The zero-order valence-corrected chi connectivity index (χ0v) is 22.7. The van der Waals surface area contributed by atoms with E-state index in [1.165, 1.54) is 29.2 Å². The molecule has 10 nitrogen and oxygen atoms in total. The number of anilines is 2. The number of aromatic nitrogens is 4. The van der Waals surface area contributed by atoms with Gasteiger partial charge in [-0.25, -0.2) is 23.2 Å². The lowest BCUT2D eigenvalue weighted by Crippen LogP contribution is -2.47. The van der Waals surface area contributed by atoms with E-state index < -0.39 is 23.2 Å². The summed E-state index contributed by atoms with van der Waals surface area (Å²) in [6, 6.07) is 14.5. The lowest BCUT2D eigenvalue weighted by molar-refractivity contribution is 0.144. The molecule has 0 aliphatic carbocycles. The summed E-state index contributed by atoms with van der Waals surface area (Å²) in [5.74, 6) is -1.53. The highest BCUT2D eigenvalue weighted by Gasteiger charge is 2.26. The van der Waals surface area contributed by atoms with E-state index in [2.05, 4.69) is 15.0 Å². The van der Waals surface area contributed by atoms with E-state index in [1.54, 1.807) is 40.2 Å². The normalized spacial score (nSPS) is 13.5. The molecule has 1 fully saturated rings. The Morgan fingerprint density at radius 1 is 0.976 bits per heavy atom. The number of hydrogen-bond donors (Lipinski definition) is 1. The first-order valence-electron chi connectivity index (χ1n) is 12.9. The minimum absolute atomic E-state index is 0.00546. The molecule has 2 aromatic heterocycles. The van der Waals surface area contributed by atoms with Gasteiger partial charge in [-0.1, -0.05) is 23.7 Å². The van der Waals surface area contributed by atoms with Gasteiger partial charge in [-0.2, -0.15) is 5.10 Å². The smallest absolute Gasteiger partial charge is 0.449 e. The number of piperazine rings is 1. The third-order valence-corrected chi connectivity index (χ3v) is 7.49. The van der Waals surface area contributed by atoms with Gasteiger partial charge < -0.3 is 24.2 Å². The van der Waals surface area contributed by atoms with Crippen LogP contribution in [0.1, 0.15) is 5.56 Å². The van der Waals surface area contributed by atoms with Crippen molar-refractivity contribution in [2.24, 2.45) is 0 Å². The summed E-state index contributed by atoms with van der Waals surface area (Å²) >= 11 is 6.89. The van der Waals surface area contributed by atoms with Gasteiger partial charge in [0.1, 0.15) is 24.3 Å². The van der Waals surface area contributed by atoms with Crippen molar-refractivity contribution in [3.05, 3.63) is 106 Å². The molecule has 1 aliphatic rings. The lowest BCUT2D eigenvalue weighted by atomic mass is 10.1. The number of halogens is 3. The van der Waals surface area contributed by atoms with E-state index in [0.29, 0.717) is 38.4 Å². The van der Waals surface area contributed by atoms with Gasteiger partial charge in [-0.05, 0) is 48.0 Å². The summed E-state index contributed by atoms with van der Waals surface area (Å²) in [5, 5.41) is 13.2. The molecule has 0 radical (unpaired) electrons. The Morgan fingerprint density at radius 3 is 2.29 bits per heavy atom. The first kappa shape index (κ1) is 27.2. The van der Waals surface area contributed by atoms with E-state index in [4.69, 9.17) is 16.3 Å². The number of hydrogen-bond acceptors (Lipinski definition) is 7. The summed E-state index contributed by atoms with van der Waals surface area (Å²) in [5.41, 5.74) is 1.84. The van der Waals surface area contributed by atoms with Crippen molar-refractivity contribution >= 4 is 40.0 Å². The van der Waals surface area contributed by atoms with Crippen molar-refractivity contribution < 1.29 is 23.4 Å². The highest BCUT2D eigenvalue weighted by Crippen LogP contribution is 2.38. The van der Waals surface area contributed by atoms with Crippen LogP contribution in [-0.4, -0.2) is 56.8 Å². The number of nitrogens with zero attached hydrogens (tertiary/aromatic N) is 6. The molecule has 3 heterocycles. The van der Waals surface area contributed by atoms with Crippen LogP contribution >= 0.6 is 11.6 Å². The molecule has 13 heteroatoms. The van der Waals surface area contributed by atoms with Crippen molar-refractivity contribution in [3.8, 4) is 11.4 Å². The third-order valence-electron chi connectivity index (χ3n) is 7.13. The highest BCUT2D eigenvalue weighted by molar-refractivity contribution is 6.38. The van der Waals surface area contributed by atoms with Gasteiger partial charge in [0, 0.05) is 37.6 Å². The molecule has 0 bridgehead atoms. The van der Waals surface area contributed by atoms with Crippen LogP contribution in [0.2, 0.25) is 5.02 Å². The van der Waals surface area contributed by atoms with E-state index in [0.717, 1.165) is 17.3 Å². The summed E-state index contributed by atoms with van der Waals surface area (Å²) in [4.78, 5) is 32.3. The van der Waals surface area contributed by atoms with Crippen molar-refractivity contribution in [3.63, 3.8) is 0 Å². The molecule has 1 aliphatic heterocycles. The molecular weight excluding hydrogens is 570 g/mol. The van der Waals surface area contributed by atoms with Crippen LogP contribution in [-0.2, 0) is 6.54 Å². The summed E-state index contributed by atoms with van der Waals surface area (Å²) in [6.07, 6.45) is 2.59. The quantitative estimate of drug-likeness (QED) is 0.276. The van der Waals surface area contributed by atoms with Gasteiger partial charge in [0.15, 0.2) is 5.75 Å². The molecule has 3 aromatic carbocycles. The van der Waals surface area contributed by atoms with E-state index in [1.807, 2.05) is 12.1 Å². The predicted molar refractivity (Wildman–Crippen MR) is 153 cm³/mol. The van der Waals surface area contributed by atoms with Gasteiger partial charge in [0.2, 0.25) is 5.43 Å². The molecule has 0 saturated carbocycles. The maximum Gasteiger partial charge on any atom is 0.511 e. The second kappa shape index (κ2) is 11.1. The zero-order chi connectivity index (χ0) is 29.4. The monoisotopic (exact) mass is 592 g/mol. The highest BCUT2D eigenvalue weighted by atomic mass is 35.5. The van der Waals surface area contributed by atoms with Crippen LogP contribution < -0.4 is 20.0 Å². The number of pyridine rings is 1. The average molecular weight is 593 g/mol. The van der Waals surface area contributed by atoms with Gasteiger partial charge in [0.25, 0.3) is 0 Å². The summed E-state index contributed by atoms with van der Waals surface area (Å²) < 4.78 is 37.0. The molecule has 0 unspecified atom stereocenters. The van der Waals surface area contributed by atoms with E-state index in [-0.39, 0.29) is 27.4 Å². The van der Waals surface area contributed by atoms with Crippen LogP contribution in [0.25, 0.3) is 16.6 Å². The van der Waals surface area contributed by atoms with Crippen molar-refractivity contribution in [2.45, 2.75) is 6.54 Å². The first-order valence-corrected chi connectivity index (χ1v) is 13.3. The van der Waals surface area contributed by atoms with E-state index >= 15 is 4.39 Å². The standard InChI is InChI=1S/C29H23ClF2N6O4/c30-25-26-22(13-23(32)27(25)36-11-9-35(10-12-36)20-7-3-19(31)4-8-20)28(39)24(42-29(40)41)15-38(26)21-5-1-18(2-6-21)14-37-17-33-16-34-37/h1-8,13,15-17H,9-12,14H2,(H,40,41). The fraction of sp³-hybridized carbons (Fsp3) is 0.172. The topological polar surface area (TPSA) is 106 Å². The molecule has 214 valence electrons. The second-order valence-corrected chi connectivity index (χ2v) is 10.1. The van der Waals surface area contributed by atoms with Gasteiger partial charge in [-0.3, -0.25) is 4.79 Å². The minimum Gasteiger partial charge on any atom is -0.449 e. The SMILES string of the molecule is O=C(O)Oc1cn(-c2ccc(Cn3cncn3)cc2)c2c(Cl)c(N3CCN(c4ccc(F)cc4)CC3)c(F)cc2c1=O. The molecule has 5 aromatic rings. The number of benzene rings is 3. The second-order valence-electron chi connectivity index (χ2n) is 9.69. The lowest BCUT2D eigenvalue weighted by Gasteiger charge is -2.38. The molecule has 1 saturated heterocycles. The molecule has 6 rings (SSSR count). The van der Waals surface area contributed by atoms with Crippen molar-refractivity contribution in [2.75, 3.05) is 36.0 Å². The number of fused-ring (bicyclic) bond motifs is 1. The number of carbonyl (C=O) groups is 1. The molecular formula is C29H23ClF2N6O4. The summed E-state index contributed by atoms with van der Waals surface area (Å²) in [7, 11) is 0. The Bertz CT molecular complexity index is 1820. The molecule has 1 N–H and O–H groups in total. The fourth-order valence-corrected chi connectivity index (χ4v) is 5.55. The van der Waals surface area contributed by atoms with Gasteiger partial charge in [0.05, 0.1) is 34.4 Å². The van der Waals surface area contributed by atoms with Crippen LogP contribution in [0.4, 0.5) is 25.0 Å². The fourth-order valence-electron chi connectivity index (χ4n) is 5.14. The van der Waals surface area contributed by atoms with Crippen LogP contribution in [0.15, 0.2) is 78.2 Å². The number of ether oxygens (including phenoxy) is 1. The molecule has 0 amide bonds. The summed E-state index contributed by atoms with van der Waals surface area (Å²) in [6.45, 7) is 2.37. The maximum absolute atomic E-state index is 15.7. The van der Waals surface area contributed by atoms with E-state index in [9.17, 15) is 19.1 Å². The minimum atomic E-state index is -1.68. The van der Waals surface area contributed by atoms with Crippen molar-refractivity contribution in [1.82, 2.24) is 19.3 Å². The Morgan fingerprint density at radius 2 is 1.64 bits per heavy atom. The van der Waals surface area contributed by atoms with Crippen LogP contribution in [0.3, 0.4) is 0 Å². The largest absolute Gasteiger partial charge is 0.511 e. The average Bonchev–Trinajstić information content (AvgIpc) is 3.49. The Hall–Kier alpha value is -4.97. The Labute approximate surface area is 242 Å². The number of rotatable bonds is 6. The van der Waals surface area contributed by atoms with Crippen LogP contribution in [0, 0.1) is 11.6 Å². The number of carboxylic acid groups (broad SMARTS) is 1. The van der Waals surface area contributed by atoms with Gasteiger partial charge >= 0.3 is 6.16 Å². The first-order chi connectivity index (χ1) is 20.3.